The van der Waals surface area contributed by atoms with E-state index in [4.69, 9.17) is 0 Å². The molecule has 0 unspecified atom stereocenters. The second-order valence-electron chi connectivity index (χ2n) is 6.34. The van der Waals surface area contributed by atoms with Crippen molar-refractivity contribution in [1.29, 1.82) is 0 Å². The Balaban J connectivity index is 1.63. The van der Waals surface area contributed by atoms with Gasteiger partial charge in [-0.3, -0.25) is 4.79 Å². The molecule has 1 aromatic carbocycles. The summed E-state index contributed by atoms with van der Waals surface area (Å²) in [5.74, 6) is 1.72. The van der Waals surface area contributed by atoms with Crippen LogP contribution in [0.25, 0.3) is 10.9 Å². The Morgan fingerprint density at radius 1 is 1.10 bits per heavy atom. The molecule has 2 saturated carbocycles. The Bertz CT molecular complexity index is 623. The molecule has 1 N–H and O–H groups in total. The quantitative estimate of drug-likeness (QED) is 0.886. The minimum atomic E-state index is 0.217. The first-order chi connectivity index (χ1) is 9.81. The van der Waals surface area contributed by atoms with E-state index < -0.39 is 0 Å². The van der Waals surface area contributed by atoms with Crippen molar-refractivity contribution in [1.82, 2.24) is 9.88 Å². The third kappa shape index (κ3) is 2.33. The Kier molecular flexibility index (Phi) is 2.79. The Labute approximate surface area is 119 Å². The maximum atomic E-state index is 12.9. The number of benzene rings is 1. The van der Waals surface area contributed by atoms with Crippen molar-refractivity contribution in [3.63, 3.8) is 0 Å². The number of nitrogens with zero attached hydrogens (tertiary/aromatic N) is 1. The molecule has 4 rings (SSSR count). The van der Waals surface area contributed by atoms with Gasteiger partial charge in [0.1, 0.15) is 0 Å². The highest BCUT2D eigenvalue weighted by Gasteiger charge is 2.32. The molecule has 0 radical (unpaired) electrons. The number of aromatic nitrogens is 1. The van der Waals surface area contributed by atoms with Crippen LogP contribution in [0.2, 0.25) is 0 Å². The Morgan fingerprint density at radius 3 is 2.45 bits per heavy atom. The number of amides is 1. The fourth-order valence-electron chi connectivity index (χ4n) is 2.91. The number of hydrogen-bond acceptors (Lipinski definition) is 1. The van der Waals surface area contributed by atoms with Crippen LogP contribution < -0.4 is 0 Å². The molecule has 0 spiro atoms. The summed E-state index contributed by atoms with van der Waals surface area (Å²) in [5.41, 5.74) is 1.90. The number of carbonyl (C=O) groups excluding carboxylic acids is 1. The van der Waals surface area contributed by atoms with Gasteiger partial charge in [0.2, 0.25) is 0 Å². The number of hydrogen-bond donors (Lipinski definition) is 1. The lowest BCUT2D eigenvalue weighted by atomic mass is 10.1. The van der Waals surface area contributed by atoms with Gasteiger partial charge in [-0.1, -0.05) is 6.07 Å². The lowest BCUT2D eigenvalue weighted by Gasteiger charge is -2.23. The van der Waals surface area contributed by atoms with Crippen LogP contribution in [0.15, 0.2) is 30.5 Å². The van der Waals surface area contributed by atoms with Crippen LogP contribution in [0.1, 0.15) is 36.0 Å². The number of carbonyl (C=O) groups is 1. The van der Waals surface area contributed by atoms with Crippen LogP contribution in [-0.4, -0.2) is 28.9 Å². The van der Waals surface area contributed by atoms with E-state index in [1.165, 1.54) is 25.7 Å². The van der Waals surface area contributed by atoms with Crippen LogP contribution in [0.3, 0.4) is 0 Å². The zero-order valence-electron chi connectivity index (χ0n) is 11.6. The average Bonchev–Trinajstić information content (AvgIpc) is 3.38. The average molecular weight is 268 g/mol. The van der Waals surface area contributed by atoms with Gasteiger partial charge in [-0.2, -0.15) is 0 Å². The highest BCUT2D eigenvalue weighted by Crippen LogP contribution is 2.34. The summed E-state index contributed by atoms with van der Waals surface area (Å²) in [6, 6.07) is 7.97. The molecule has 0 aliphatic heterocycles. The van der Waals surface area contributed by atoms with Gasteiger partial charge in [0.15, 0.2) is 0 Å². The van der Waals surface area contributed by atoms with E-state index in [0.29, 0.717) is 0 Å². The van der Waals surface area contributed by atoms with Crippen molar-refractivity contribution in [3.05, 3.63) is 36.0 Å². The maximum absolute atomic E-state index is 12.9. The number of H-pyrrole nitrogens is 1. The molecule has 2 aliphatic rings. The first-order valence-corrected chi connectivity index (χ1v) is 7.66. The Hall–Kier alpha value is -1.77. The fourth-order valence-corrected chi connectivity index (χ4v) is 2.91. The van der Waals surface area contributed by atoms with E-state index in [-0.39, 0.29) is 5.91 Å². The number of nitrogens with one attached hydrogen (secondary N) is 1. The summed E-state index contributed by atoms with van der Waals surface area (Å²) in [5, 5.41) is 1.05. The minimum Gasteiger partial charge on any atom is -0.361 e. The van der Waals surface area contributed by atoms with Gasteiger partial charge in [0, 0.05) is 35.8 Å². The maximum Gasteiger partial charge on any atom is 0.254 e. The molecule has 0 bridgehead atoms. The molecule has 0 saturated heterocycles. The highest BCUT2D eigenvalue weighted by atomic mass is 16.2. The first kappa shape index (κ1) is 12.0. The zero-order valence-corrected chi connectivity index (χ0v) is 11.6. The van der Waals surface area contributed by atoms with E-state index >= 15 is 0 Å². The number of fused-ring (bicyclic) bond motifs is 1. The van der Waals surface area contributed by atoms with E-state index in [1.54, 1.807) is 0 Å². The predicted octanol–water partition coefficient (Wildman–Crippen LogP) is 3.43. The molecule has 104 valence electrons. The van der Waals surface area contributed by atoms with Crippen LogP contribution >= 0.6 is 0 Å². The largest absolute Gasteiger partial charge is 0.361 e. The third-order valence-corrected chi connectivity index (χ3v) is 4.46. The van der Waals surface area contributed by atoms with Crippen molar-refractivity contribution in [3.8, 4) is 0 Å². The number of aromatic amines is 1. The SMILES string of the molecule is O=C(c1cccc2[nH]ccc12)N(CC1CC1)CC1CC1. The van der Waals surface area contributed by atoms with E-state index in [0.717, 1.165) is 41.4 Å². The van der Waals surface area contributed by atoms with Gasteiger partial charge in [-0.05, 0) is 55.7 Å². The molecule has 2 aliphatic carbocycles. The standard InChI is InChI=1S/C17H20N2O/c20-17(15-2-1-3-16-14(15)8-9-18-16)19(10-12-4-5-12)11-13-6-7-13/h1-3,8-9,12-13,18H,4-7,10-11H2. The van der Waals surface area contributed by atoms with Crippen molar-refractivity contribution >= 4 is 16.8 Å². The normalized spacial score (nSPS) is 18.4. The van der Waals surface area contributed by atoms with Crippen molar-refractivity contribution in [2.24, 2.45) is 11.8 Å². The first-order valence-electron chi connectivity index (χ1n) is 7.66. The van der Waals surface area contributed by atoms with E-state index in [1.807, 2.05) is 30.5 Å². The van der Waals surface area contributed by atoms with Gasteiger partial charge in [0.25, 0.3) is 5.91 Å². The lowest BCUT2D eigenvalue weighted by Crippen LogP contribution is -2.34. The molecular formula is C17H20N2O. The van der Waals surface area contributed by atoms with Crippen LogP contribution in [-0.2, 0) is 0 Å². The summed E-state index contributed by atoms with van der Waals surface area (Å²) in [6.45, 7) is 1.91. The van der Waals surface area contributed by atoms with E-state index in [2.05, 4.69) is 9.88 Å². The van der Waals surface area contributed by atoms with Crippen LogP contribution in [0, 0.1) is 11.8 Å². The van der Waals surface area contributed by atoms with Gasteiger partial charge in [-0.15, -0.1) is 0 Å². The van der Waals surface area contributed by atoms with Gasteiger partial charge in [0.05, 0.1) is 0 Å². The van der Waals surface area contributed by atoms with Crippen molar-refractivity contribution < 1.29 is 4.79 Å². The van der Waals surface area contributed by atoms with Crippen molar-refractivity contribution in [2.75, 3.05) is 13.1 Å². The minimum absolute atomic E-state index is 0.217. The lowest BCUT2D eigenvalue weighted by molar-refractivity contribution is 0.0741. The topological polar surface area (TPSA) is 36.1 Å². The van der Waals surface area contributed by atoms with Gasteiger partial charge < -0.3 is 9.88 Å². The molecule has 20 heavy (non-hydrogen) atoms. The van der Waals surface area contributed by atoms with E-state index in [9.17, 15) is 4.79 Å². The molecule has 1 heterocycles. The molecule has 0 atom stereocenters. The smallest absolute Gasteiger partial charge is 0.254 e. The summed E-state index contributed by atoms with van der Waals surface area (Å²) in [4.78, 5) is 18.2. The highest BCUT2D eigenvalue weighted by molar-refractivity contribution is 6.06. The summed E-state index contributed by atoms with van der Waals surface area (Å²) in [7, 11) is 0. The molecule has 3 nitrogen and oxygen atoms in total. The molecular weight excluding hydrogens is 248 g/mol. The van der Waals surface area contributed by atoms with Crippen LogP contribution in [0.4, 0.5) is 0 Å². The summed E-state index contributed by atoms with van der Waals surface area (Å²) >= 11 is 0. The molecule has 2 fully saturated rings. The zero-order chi connectivity index (χ0) is 13.5. The van der Waals surface area contributed by atoms with Gasteiger partial charge >= 0.3 is 0 Å². The van der Waals surface area contributed by atoms with Gasteiger partial charge in [-0.25, -0.2) is 0 Å². The Morgan fingerprint density at radius 2 is 1.80 bits per heavy atom. The monoisotopic (exact) mass is 268 g/mol. The fraction of sp³-hybridized carbons (Fsp3) is 0.471. The molecule has 2 aromatic rings. The molecule has 1 aromatic heterocycles. The predicted molar refractivity (Wildman–Crippen MR) is 79.7 cm³/mol. The second-order valence-corrected chi connectivity index (χ2v) is 6.34. The third-order valence-electron chi connectivity index (χ3n) is 4.46. The second kappa shape index (κ2) is 4.65. The van der Waals surface area contributed by atoms with Crippen LogP contribution in [0.5, 0.6) is 0 Å². The molecule has 3 heteroatoms. The number of rotatable bonds is 5. The summed E-state index contributed by atoms with van der Waals surface area (Å²) in [6.07, 6.45) is 7.09. The van der Waals surface area contributed by atoms with Crippen molar-refractivity contribution in [2.45, 2.75) is 25.7 Å². The summed E-state index contributed by atoms with van der Waals surface area (Å²) < 4.78 is 0. The molecule has 1 amide bonds.